The zero-order chi connectivity index (χ0) is 46.3. The minimum absolute atomic E-state index is 0. The summed E-state index contributed by atoms with van der Waals surface area (Å²) in [6.45, 7) is 3.90. The molecule has 0 heterocycles. The fourth-order valence-corrected chi connectivity index (χ4v) is 6.51. The number of hydrogen-bond acceptors (Lipinski definition) is 4. The summed E-state index contributed by atoms with van der Waals surface area (Å²) < 4.78 is 88.2. The van der Waals surface area contributed by atoms with Crippen LogP contribution >= 0.6 is 0 Å². The Labute approximate surface area is 414 Å². The van der Waals surface area contributed by atoms with Gasteiger partial charge in [-0.1, -0.05) is 96.8 Å². The zero-order valence-electron chi connectivity index (χ0n) is 36.3. The third-order valence-electron chi connectivity index (χ3n) is 9.72. The summed E-state index contributed by atoms with van der Waals surface area (Å²) in [5.74, 6) is 9.99. The summed E-state index contributed by atoms with van der Waals surface area (Å²) in [4.78, 5) is 22.1. The Hall–Kier alpha value is -6.26. The van der Waals surface area contributed by atoms with Crippen molar-refractivity contribution in [2.45, 2.75) is 64.1 Å². The van der Waals surface area contributed by atoms with Gasteiger partial charge in [0.2, 0.25) is 0 Å². The van der Waals surface area contributed by atoms with Crippen molar-refractivity contribution in [2.75, 3.05) is 0 Å². The van der Waals surface area contributed by atoms with Crippen LogP contribution < -0.4 is 9.47 Å². The molecule has 0 bridgehead atoms. The topological polar surface area (TPSA) is 156 Å². The van der Waals surface area contributed by atoms with Gasteiger partial charge >= 0.3 is 24.3 Å². The van der Waals surface area contributed by atoms with Crippen LogP contribution in [0.15, 0.2) is 146 Å². The number of alkyl halides is 6. The van der Waals surface area contributed by atoms with E-state index in [0.717, 1.165) is 57.6 Å². The minimum atomic E-state index is -4.36. The molecule has 0 spiro atoms. The molecule has 346 valence electrons. The molecule has 0 aliphatic carbocycles. The molecule has 0 unspecified atom stereocenters. The van der Waals surface area contributed by atoms with Gasteiger partial charge in [0.25, 0.3) is 0 Å². The molecule has 67 heavy (non-hydrogen) atoms. The van der Waals surface area contributed by atoms with E-state index < -0.39 is 35.4 Å². The van der Waals surface area contributed by atoms with Crippen LogP contribution in [-0.4, -0.2) is 70.8 Å². The first-order valence-corrected chi connectivity index (χ1v) is 19.8. The van der Waals surface area contributed by atoms with Crippen molar-refractivity contribution in [1.82, 2.24) is 0 Å². The van der Waals surface area contributed by atoms with Crippen molar-refractivity contribution in [2.24, 2.45) is 0 Å². The minimum Gasteiger partial charge on any atom is -0.489 e. The van der Waals surface area contributed by atoms with Gasteiger partial charge in [-0.15, -0.1) is 11.8 Å². The summed E-state index contributed by atoms with van der Waals surface area (Å²) in [6.07, 6.45) is -8.86. The number of ether oxygens (including phenoxy) is 2. The number of halogens is 6. The van der Waals surface area contributed by atoms with Gasteiger partial charge < -0.3 is 30.6 Å². The van der Waals surface area contributed by atoms with Gasteiger partial charge in [0.1, 0.15) is 24.7 Å². The fourth-order valence-electron chi connectivity index (χ4n) is 6.51. The van der Waals surface area contributed by atoms with Crippen molar-refractivity contribution in [3.05, 3.63) is 179 Å². The first-order valence-electron chi connectivity index (χ1n) is 19.8. The summed E-state index contributed by atoms with van der Waals surface area (Å²) in [7, 11) is 0. The number of hydrogen-bond donors (Lipinski definition) is 2. The number of carboxylic acid groups (broad SMARTS) is 2. The van der Waals surface area contributed by atoms with E-state index in [0.29, 0.717) is 22.6 Å². The van der Waals surface area contributed by atoms with Gasteiger partial charge in [0.15, 0.2) is 0 Å². The first kappa shape index (κ1) is 56.9. The Bertz CT molecular complexity index is 2440. The molecule has 0 saturated heterocycles. The van der Waals surface area contributed by atoms with Crippen LogP contribution in [0.25, 0.3) is 22.3 Å². The third-order valence-corrected chi connectivity index (χ3v) is 9.72. The van der Waals surface area contributed by atoms with Crippen molar-refractivity contribution in [3.63, 3.8) is 0 Å². The maximum Gasteiger partial charge on any atom is 0.416 e. The second kappa shape index (κ2) is 26.8. The molecule has 15 heteroatoms. The molecule has 6 rings (SSSR count). The SMILES string of the molecule is CC#C[C@@H](CC(=O)O)c1ccc(OCc2cccc(-c3ccc(C(F)(F)F)cc3)c2)cc1.CC#C[C@@H](CC(=O)O)c1ccc(OCc2cccc(-c3ccc(C(F)(F)F)cc3)c2)cc1.O.O.[Ca]. The fraction of sp³-hybridized carbons (Fsp3) is 0.192. The number of rotatable bonds is 14. The van der Waals surface area contributed by atoms with Gasteiger partial charge in [0, 0.05) is 37.7 Å². The summed E-state index contributed by atoms with van der Waals surface area (Å²) >= 11 is 0. The summed E-state index contributed by atoms with van der Waals surface area (Å²) in [5.41, 5.74) is 4.95. The standard InChI is InChI=1S/2C26H21F3O3.Ca.2H2O/c2*1-2-4-21(16-25(30)31)20-9-13-24(14-10-20)32-17-18-5-3-6-22(15-18)19-7-11-23(12-8-19)26(27,28)29;;;/h2*3,5-15,21H,16-17H2,1H3,(H,30,31);;2*1H2/t2*21-;;;/m00.../s1. The second-order valence-electron chi connectivity index (χ2n) is 14.4. The van der Waals surface area contributed by atoms with Crippen LogP contribution in [0, 0.1) is 23.7 Å². The van der Waals surface area contributed by atoms with Crippen LogP contribution in [-0.2, 0) is 35.2 Å². The van der Waals surface area contributed by atoms with Crippen molar-refractivity contribution in [3.8, 4) is 57.4 Å². The van der Waals surface area contributed by atoms with E-state index in [1.165, 1.54) is 24.3 Å². The average molecular weight is 953 g/mol. The van der Waals surface area contributed by atoms with E-state index in [1.54, 1.807) is 62.4 Å². The molecule has 6 aromatic carbocycles. The Morgan fingerprint density at radius 1 is 0.507 bits per heavy atom. The Morgan fingerprint density at radius 3 is 1.12 bits per heavy atom. The molecule has 2 atom stereocenters. The van der Waals surface area contributed by atoms with Crippen LogP contribution in [0.3, 0.4) is 0 Å². The van der Waals surface area contributed by atoms with Crippen LogP contribution in [0.4, 0.5) is 26.3 Å². The maximum atomic E-state index is 12.8. The predicted octanol–water partition coefficient (Wildman–Crippen LogP) is 11.0. The normalized spacial score (nSPS) is 11.3. The van der Waals surface area contributed by atoms with Crippen LogP contribution in [0.1, 0.15) is 71.9 Å². The molecular formula is C52H46CaF6O8. The Morgan fingerprint density at radius 2 is 0.836 bits per heavy atom. The van der Waals surface area contributed by atoms with Crippen LogP contribution in [0.5, 0.6) is 11.5 Å². The Kier molecular flexibility index (Phi) is 22.7. The van der Waals surface area contributed by atoms with Gasteiger partial charge in [0.05, 0.1) is 35.8 Å². The molecule has 2 radical (unpaired) electrons. The second-order valence-corrected chi connectivity index (χ2v) is 14.4. The molecule has 0 fully saturated rings. The largest absolute Gasteiger partial charge is 0.489 e. The molecule has 0 saturated carbocycles. The van der Waals surface area contributed by atoms with Crippen molar-refractivity contribution in [1.29, 1.82) is 0 Å². The summed E-state index contributed by atoms with van der Waals surface area (Å²) in [5, 5.41) is 18.1. The number of carboxylic acids is 2. The zero-order valence-corrected chi connectivity index (χ0v) is 38.6. The molecule has 6 N–H and O–H groups in total. The quantitative estimate of drug-likeness (QED) is 0.0629. The van der Waals surface area contributed by atoms with E-state index >= 15 is 0 Å². The van der Waals surface area contributed by atoms with E-state index in [2.05, 4.69) is 23.7 Å². The monoisotopic (exact) mass is 952 g/mol. The molecule has 0 amide bonds. The van der Waals surface area contributed by atoms with Gasteiger partial charge in [-0.3, -0.25) is 9.59 Å². The van der Waals surface area contributed by atoms with E-state index in [1.807, 2.05) is 48.5 Å². The Balaban J connectivity index is 0.000000440. The number of aliphatic carboxylic acids is 2. The number of carbonyl (C=O) groups is 2. The smallest absolute Gasteiger partial charge is 0.416 e. The van der Waals surface area contributed by atoms with E-state index in [9.17, 15) is 35.9 Å². The van der Waals surface area contributed by atoms with Gasteiger partial charge in [-0.05, 0) is 119 Å². The predicted molar refractivity (Wildman–Crippen MR) is 245 cm³/mol. The molecule has 0 aromatic heterocycles. The van der Waals surface area contributed by atoms with Crippen molar-refractivity contribution >= 4 is 49.7 Å². The third kappa shape index (κ3) is 17.8. The number of benzene rings is 6. The molecule has 6 aromatic rings. The summed E-state index contributed by atoms with van der Waals surface area (Å²) in [6, 6.07) is 39.2. The molecular weight excluding hydrogens is 907 g/mol. The van der Waals surface area contributed by atoms with Gasteiger partial charge in [-0.2, -0.15) is 26.3 Å². The molecule has 0 aliphatic rings. The van der Waals surface area contributed by atoms with E-state index in [-0.39, 0.29) is 86.6 Å². The average Bonchev–Trinajstić information content (AvgIpc) is 3.27. The molecule has 0 aliphatic heterocycles. The molecule has 8 nitrogen and oxygen atoms in total. The van der Waals surface area contributed by atoms with Crippen molar-refractivity contribution < 1.29 is 66.6 Å². The van der Waals surface area contributed by atoms with Gasteiger partial charge in [-0.25, -0.2) is 0 Å². The maximum absolute atomic E-state index is 12.8. The first-order chi connectivity index (χ1) is 30.5. The van der Waals surface area contributed by atoms with E-state index in [4.69, 9.17) is 19.7 Å². The van der Waals surface area contributed by atoms with Crippen LogP contribution in [0.2, 0.25) is 0 Å².